The highest BCUT2D eigenvalue weighted by atomic mass is 32.1. The number of carboxylic acid groups (broad SMARTS) is 1. The number of carbonyl (C=O) groups excluding carboxylic acids is 1. The molecule has 0 unspecified atom stereocenters. The largest absolute Gasteiger partial charge is 0.477 e. The third-order valence-corrected chi connectivity index (χ3v) is 4.84. The van der Waals surface area contributed by atoms with Crippen molar-refractivity contribution in [3.8, 4) is 10.4 Å². The highest BCUT2D eigenvalue weighted by Gasteiger charge is 2.20. The quantitative estimate of drug-likeness (QED) is 0.680. The Balaban J connectivity index is 1.96. The van der Waals surface area contributed by atoms with E-state index in [1.165, 1.54) is 12.1 Å². The van der Waals surface area contributed by atoms with Gasteiger partial charge in [-0.3, -0.25) is 4.79 Å². The second kappa shape index (κ2) is 7.05. The molecule has 0 saturated carbocycles. The highest BCUT2D eigenvalue weighted by molar-refractivity contribution is 7.18. The number of benzene rings is 2. The smallest absolute Gasteiger partial charge is 0.348 e. The number of halogens is 2. The van der Waals surface area contributed by atoms with Crippen LogP contribution < -0.4 is 5.32 Å². The maximum atomic E-state index is 14.0. The molecule has 0 bridgehead atoms. The SMILES string of the molecule is Cc1ccc(C(=O)Nc2cc(-c3ccc(F)cc3F)sc2C(=O)O)cc1. The van der Waals surface area contributed by atoms with Crippen LogP contribution in [-0.2, 0) is 0 Å². The second-order valence-corrected chi connectivity index (χ2v) is 6.66. The summed E-state index contributed by atoms with van der Waals surface area (Å²) in [7, 11) is 0. The molecule has 7 heteroatoms. The highest BCUT2D eigenvalue weighted by Crippen LogP contribution is 2.36. The van der Waals surface area contributed by atoms with E-state index in [0.717, 1.165) is 29.0 Å². The summed E-state index contributed by atoms with van der Waals surface area (Å²) in [5.74, 6) is -3.26. The van der Waals surface area contributed by atoms with Crippen LogP contribution in [0.2, 0.25) is 0 Å². The molecular formula is C19H13F2NO3S. The molecule has 1 heterocycles. The van der Waals surface area contributed by atoms with Crippen molar-refractivity contribution in [3.63, 3.8) is 0 Å². The molecule has 0 fully saturated rings. The lowest BCUT2D eigenvalue weighted by atomic mass is 10.1. The molecular weight excluding hydrogens is 360 g/mol. The molecule has 2 aromatic carbocycles. The molecule has 0 atom stereocenters. The van der Waals surface area contributed by atoms with E-state index < -0.39 is 23.5 Å². The number of aromatic carboxylic acids is 1. The number of carbonyl (C=O) groups is 2. The van der Waals surface area contributed by atoms with Gasteiger partial charge in [-0.15, -0.1) is 11.3 Å². The molecule has 0 spiro atoms. The van der Waals surface area contributed by atoms with Gasteiger partial charge in [0.25, 0.3) is 5.91 Å². The fraction of sp³-hybridized carbons (Fsp3) is 0.0526. The molecule has 2 N–H and O–H groups in total. The number of anilines is 1. The fourth-order valence-electron chi connectivity index (χ4n) is 2.36. The van der Waals surface area contributed by atoms with Gasteiger partial charge in [0, 0.05) is 22.1 Å². The van der Waals surface area contributed by atoms with Crippen molar-refractivity contribution in [2.45, 2.75) is 6.92 Å². The Bertz CT molecular complexity index is 997. The second-order valence-electron chi connectivity index (χ2n) is 5.60. The Labute approximate surface area is 151 Å². The summed E-state index contributed by atoms with van der Waals surface area (Å²) in [6, 6.07) is 11.2. The van der Waals surface area contributed by atoms with Crippen molar-refractivity contribution in [3.05, 3.63) is 76.2 Å². The van der Waals surface area contributed by atoms with Gasteiger partial charge in [0.15, 0.2) is 0 Å². The zero-order valence-corrected chi connectivity index (χ0v) is 14.4. The number of thiophene rings is 1. The van der Waals surface area contributed by atoms with Gasteiger partial charge < -0.3 is 10.4 Å². The van der Waals surface area contributed by atoms with Gasteiger partial charge in [0.1, 0.15) is 16.5 Å². The third-order valence-electron chi connectivity index (χ3n) is 3.68. The number of aryl methyl sites for hydroxylation is 1. The summed E-state index contributed by atoms with van der Waals surface area (Å²) < 4.78 is 27.1. The monoisotopic (exact) mass is 373 g/mol. The minimum absolute atomic E-state index is 0.0619. The van der Waals surface area contributed by atoms with Gasteiger partial charge in [-0.1, -0.05) is 17.7 Å². The minimum atomic E-state index is -1.25. The number of hydrogen-bond donors (Lipinski definition) is 2. The van der Waals surface area contributed by atoms with Gasteiger partial charge >= 0.3 is 5.97 Å². The van der Waals surface area contributed by atoms with Crippen LogP contribution in [0.5, 0.6) is 0 Å². The van der Waals surface area contributed by atoms with Crippen LogP contribution in [0.1, 0.15) is 25.6 Å². The first kappa shape index (κ1) is 17.8. The minimum Gasteiger partial charge on any atom is -0.477 e. The summed E-state index contributed by atoms with van der Waals surface area (Å²) in [5, 5.41) is 11.9. The molecule has 3 aromatic rings. The number of nitrogens with one attached hydrogen (secondary N) is 1. The Morgan fingerprint density at radius 1 is 1.04 bits per heavy atom. The number of hydrogen-bond acceptors (Lipinski definition) is 3. The van der Waals surface area contributed by atoms with Gasteiger partial charge in [0.2, 0.25) is 0 Å². The van der Waals surface area contributed by atoms with E-state index in [9.17, 15) is 23.5 Å². The average Bonchev–Trinajstić information content (AvgIpc) is 2.99. The summed E-state index contributed by atoms with van der Waals surface area (Å²) >= 11 is 0.804. The first-order chi connectivity index (χ1) is 12.3. The summed E-state index contributed by atoms with van der Waals surface area (Å²) in [6.07, 6.45) is 0. The van der Waals surface area contributed by atoms with E-state index in [1.54, 1.807) is 24.3 Å². The van der Waals surface area contributed by atoms with E-state index >= 15 is 0 Å². The van der Waals surface area contributed by atoms with E-state index in [4.69, 9.17) is 0 Å². The van der Waals surface area contributed by atoms with Crippen molar-refractivity contribution in [1.29, 1.82) is 0 Å². The predicted octanol–water partition coefficient (Wildman–Crippen LogP) is 4.95. The van der Waals surface area contributed by atoms with Crippen LogP contribution in [0.4, 0.5) is 14.5 Å². The summed E-state index contributed by atoms with van der Waals surface area (Å²) in [5.41, 5.74) is 1.48. The van der Waals surface area contributed by atoms with Crippen LogP contribution in [0, 0.1) is 18.6 Å². The molecule has 0 aliphatic heterocycles. The Morgan fingerprint density at radius 2 is 1.73 bits per heavy atom. The number of amides is 1. The van der Waals surface area contributed by atoms with E-state index in [1.807, 2.05) is 6.92 Å². The van der Waals surface area contributed by atoms with Crippen LogP contribution >= 0.6 is 11.3 Å². The van der Waals surface area contributed by atoms with Crippen LogP contribution in [0.3, 0.4) is 0 Å². The molecule has 4 nitrogen and oxygen atoms in total. The standard InChI is InChI=1S/C19H13F2NO3S/c1-10-2-4-11(5-3-10)18(23)22-15-9-16(26-17(15)19(24)25)13-7-6-12(20)8-14(13)21/h2-9H,1H3,(H,22,23)(H,24,25). The molecule has 3 rings (SSSR count). The molecule has 0 saturated heterocycles. The molecule has 132 valence electrons. The van der Waals surface area contributed by atoms with Crippen LogP contribution in [0.15, 0.2) is 48.5 Å². The lowest BCUT2D eigenvalue weighted by molar-refractivity contribution is 0.0703. The molecule has 0 radical (unpaired) electrons. The topological polar surface area (TPSA) is 66.4 Å². The maximum absolute atomic E-state index is 14.0. The van der Waals surface area contributed by atoms with E-state index in [0.29, 0.717) is 5.56 Å². The number of carboxylic acids is 1. The van der Waals surface area contributed by atoms with Crippen LogP contribution in [0.25, 0.3) is 10.4 Å². The van der Waals surface area contributed by atoms with Crippen LogP contribution in [-0.4, -0.2) is 17.0 Å². The van der Waals surface area contributed by atoms with Crippen molar-refractivity contribution in [2.24, 2.45) is 0 Å². The van der Waals surface area contributed by atoms with Crippen molar-refractivity contribution in [1.82, 2.24) is 0 Å². The Hall–Kier alpha value is -3.06. The lowest BCUT2D eigenvalue weighted by Crippen LogP contribution is -2.13. The summed E-state index contributed by atoms with van der Waals surface area (Å²) in [6.45, 7) is 1.88. The summed E-state index contributed by atoms with van der Waals surface area (Å²) in [4.78, 5) is 23.9. The normalized spacial score (nSPS) is 10.6. The molecule has 26 heavy (non-hydrogen) atoms. The van der Waals surface area contributed by atoms with Gasteiger partial charge in [0.05, 0.1) is 5.69 Å². The van der Waals surface area contributed by atoms with E-state index in [2.05, 4.69) is 5.32 Å². The number of rotatable bonds is 4. The van der Waals surface area contributed by atoms with Gasteiger partial charge in [-0.2, -0.15) is 0 Å². The van der Waals surface area contributed by atoms with Gasteiger partial charge in [-0.05, 0) is 37.3 Å². The van der Waals surface area contributed by atoms with E-state index in [-0.39, 0.29) is 21.0 Å². The first-order valence-electron chi connectivity index (χ1n) is 7.55. The Morgan fingerprint density at radius 3 is 2.35 bits per heavy atom. The fourth-order valence-corrected chi connectivity index (χ4v) is 3.34. The zero-order chi connectivity index (χ0) is 18.8. The van der Waals surface area contributed by atoms with Crippen molar-refractivity contribution < 1.29 is 23.5 Å². The maximum Gasteiger partial charge on any atom is 0.348 e. The first-order valence-corrected chi connectivity index (χ1v) is 8.37. The zero-order valence-electron chi connectivity index (χ0n) is 13.5. The van der Waals surface area contributed by atoms with Crippen molar-refractivity contribution >= 4 is 28.9 Å². The average molecular weight is 373 g/mol. The molecule has 0 aliphatic carbocycles. The molecule has 1 amide bonds. The third kappa shape index (κ3) is 3.62. The molecule has 0 aliphatic rings. The Kier molecular flexibility index (Phi) is 4.81. The molecule has 1 aromatic heterocycles. The predicted molar refractivity (Wildman–Crippen MR) is 95.8 cm³/mol. The lowest BCUT2D eigenvalue weighted by Gasteiger charge is -2.04. The van der Waals surface area contributed by atoms with Gasteiger partial charge in [-0.25, -0.2) is 13.6 Å². The van der Waals surface area contributed by atoms with Crippen molar-refractivity contribution in [2.75, 3.05) is 5.32 Å².